The van der Waals surface area contributed by atoms with Crippen LogP contribution in [0.4, 0.5) is 0 Å². The van der Waals surface area contributed by atoms with E-state index in [1.54, 1.807) is 0 Å². The second-order valence-corrected chi connectivity index (χ2v) is 7.12. The molecule has 0 aliphatic rings. The minimum Gasteiger partial charge on any atom is -0.330 e. The molecule has 0 saturated carbocycles. The Labute approximate surface area is 111 Å². The van der Waals surface area contributed by atoms with Gasteiger partial charge in [-0.2, -0.15) is 0 Å². The fourth-order valence-electron chi connectivity index (χ4n) is 1.56. The summed E-state index contributed by atoms with van der Waals surface area (Å²) in [6.45, 7) is 7.43. The maximum atomic E-state index is 5.46. The molecule has 0 spiro atoms. The summed E-state index contributed by atoms with van der Waals surface area (Å²) in [6, 6.07) is 4.33. The lowest BCUT2D eigenvalue weighted by Crippen LogP contribution is -2.32. The van der Waals surface area contributed by atoms with E-state index in [1.165, 1.54) is 15.1 Å². The van der Waals surface area contributed by atoms with Gasteiger partial charge in [0.2, 0.25) is 0 Å². The van der Waals surface area contributed by atoms with Gasteiger partial charge in [-0.3, -0.25) is 0 Å². The minimum absolute atomic E-state index is 0.208. The van der Waals surface area contributed by atoms with Gasteiger partial charge in [0.15, 0.2) is 0 Å². The Bertz CT molecular complexity index is 310. The fraction of sp³-hybridized carbons (Fsp3) is 0.667. The van der Waals surface area contributed by atoms with E-state index in [2.05, 4.69) is 47.2 Å². The number of halogens is 1. The monoisotopic (exact) mass is 304 g/mol. The normalized spacial score (nSPS) is 12.0. The smallest absolute Gasteiger partial charge is 0.0701 e. The Morgan fingerprint density at radius 2 is 2.12 bits per heavy atom. The molecule has 0 radical (unpaired) electrons. The zero-order valence-electron chi connectivity index (χ0n) is 10.1. The maximum Gasteiger partial charge on any atom is 0.0701 e. The lowest BCUT2D eigenvalue weighted by atomic mass is 9.91. The topological polar surface area (TPSA) is 38.0 Å². The summed E-state index contributed by atoms with van der Waals surface area (Å²) in [7, 11) is 0. The van der Waals surface area contributed by atoms with Crippen LogP contribution in [0.25, 0.3) is 0 Å². The van der Waals surface area contributed by atoms with Crippen molar-refractivity contribution in [1.29, 1.82) is 0 Å². The highest BCUT2D eigenvalue weighted by atomic mass is 79.9. The number of nitrogens with one attached hydrogen (secondary N) is 1. The van der Waals surface area contributed by atoms with Gasteiger partial charge >= 0.3 is 0 Å². The molecule has 4 heteroatoms. The van der Waals surface area contributed by atoms with Crippen LogP contribution in [0.15, 0.2) is 15.9 Å². The van der Waals surface area contributed by atoms with Gasteiger partial charge in [-0.05, 0) is 54.0 Å². The van der Waals surface area contributed by atoms with Crippen LogP contribution in [0.2, 0.25) is 0 Å². The van der Waals surface area contributed by atoms with Crippen molar-refractivity contribution < 1.29 is 0 Å². The van der Waals surface area contributed by atoms with E-state index >= 15 is 0 Å². The molecule has 0 aromatic carbocycles. The quantitative estimate of drug-likeness (QED) is 0.760. The van der Waals surface area contributed by atoms with Gasteiger partial charge in [-0.25, -0.2) is 0 Å². The number of nitrogens with two attached hydrogens (primary N) is 1. The highest BCUT2D eigenvalue weighted by Crippen LogP contribution is 2.32. The van der Waals surface area contributed by atoms with E-state index in [9.17, 15) is 0 Å². The van der Waals surface area contributed by atoms with Crippen LogP contribution in [-0.2, 0) is 5.41 Å². The molecule has 0 bridgehead atoms. The minimum atomic E-state index is 0.208. The fourth-order valence-corrected chi connectivity index (χ4v) is 3.05. The van der Waals surface area contributed by atoms with Crippen molar-refractivity contribution in [1.82, 2.24) is 5.32 Å². The Morgan fingerprint density at radius 3 is 2.69 bits per heavy atom. The molecule has 16 heavy (non-hydrogen) atoms. The first-order valence-corrected chi connectivity index (χ1v) is 7.34. The molecule has 0 aliphatic carbocycles. The molecule has 1 rings (SSSR count). The first kappa shape index (κ1) is 14.2. The Balaban J connectivity index is 2.34. The SMILES string of the molecule is CC(C)(CNCCCCN)c1ccc(Br)s1. The van der Waals surface area contributed by atoms with Crippen molar-refractivity contribution in [2.24, 2.45) is 5.73 Å². The van der Waals surface area contributed by atoms with Gasteiger partial charge in [-0.15, -0.1) is 11.3 Å². The van der Waals surface area contributed by atoms with E-state index in [0.717, 1.165) is 26.1 Å². The number of unbranched alkanes of at least 4 members (excludes halogenated alkanes) is 1. The van der Waals surface area contributed by atoms with E-state index in [1.807, 2.05) is 11.3 Å². The Hall–Kier alpha value is 0.1000. The van der Waals surface area contributed by atoms with E-state index < -0.39 is 0 Å². The predicted octanol–water partition coefficient (Wildman–Crippen LogP) is 3.12. The first-order valence-electron chi connectivity index (χ1n) is 5.73. The molecular weight excluding hydrogens is 284 g/mol. The van der Waals surface area contributed by atoms with Gasteiger partial charge in [-0.1, -0.05) is 13.8 Å². The van der Waals surface area contributed by atoms with E-state index in [-0.39, 0.29) is 5.41 Å². The van der Waals surface area contributed by atoms with Gasteiger partial charge < -0.3 is 11.1 Å². The largest absolute Gasteiger partial charge is 0.330 e. The van der Waals surface area contributed by atoms with Crippen molar-refractivity contribution in [2.45, 2.75) is 32.1 Å². The molecule has 0 unspecified atom stereocenters. The van der Waals surface area contributed by atoms with Crippen LogP contribution in [0, 0.1) is 0 Å². The summed E-state index contributed by atoms with van der Waals surface area (Å²) < 4.78 is 1.21. The molecule has 1 aromatic heterocycles. The molecule has 1 aromatic rings. The molecule has 1 heterocycles. The molecule has 92 valence electrons. The van der Waals surface area contributed by atoms with Crippen molar-refractivity contribution in [3.8, 4) is 0 Å². The lowest BCUT2D eigenvalue weighted by molar-refractivity contribution is 0.471. The van der Waals surface area contributed by atoms with Crippen molar-refractivity contribution in [3.63, 3.8) is 0 Å². The number of hydrogen-bond acceptors (Lipinski definition) is 3. The van der Waals surface area contributed by atoms with E-state index in [0.29, 0.717) is 0 Å². The molecular formula is C12H21BrN2S. The second kappa shape index (κ2) is 6.74. The second-order valence-electron chi connectivity index (χ2n) is 4.66. The van der Waals surface area contributed by atoms with Crippen LogP contribution < -0.4 is 11.1 Å². The average molecular weight is 305 g/mol. The van der Waals surface area contributed by atoms with E-state index in [4.69, 9.17) is 5.73 Å². The summed E-state index contributed by atoms with van der Waals surface area (Å²) in [5, 5.41) is 3.50. The van der Waals surface area contributed by atoms with Crippen molar-refractivity contribution in [2.75, 3.05) is 19.6 Å². The van der Waals surface area contributed by atoms with Crippen LogP contribution in [0.3, 0.4) is 0 Å². The highest BCUT2D eigenvalue weighted by Gasteiger charge is 2.21. The molecule has 0 fully saturated rings. The molecule has 0 saturated heterocycles. The van der Waals surface area contributed by atoms with Gasteiger partial charge in [0.1, 0.15) is 0 Å². The summed E-state index contributed by atoms with van der Waals surface area (Å²) in [5.41, 5.74) is 5.67. The predicted molar refractivity (Wildman–Crippen MR) is 76.2 cm³/mol. The molecule has 0 aliphatic heterocycles. The first-order chi connectivity index (χ1) is 7.56. The average Bonchev–Trinajstić information content (AvgIpc) is 2.65. The summed E-state index contributed by atoms with van der Waals surface area (Å²) in [6.07, 6.45) is 2.28. The summed E-state index contributed by atoms with van der Waals surface area (Å²) >= 11 is 5.33. The number of hydrogen-bond donors (Lipinski definition) is 2. The third-order valence-electron chi connectivity index (χ3n) is 2.61. The molecule has 3 N–H and O–H groups in total. The van der Waals surface area contributed by atoms with Gasteiger partial charge in [0, 0.05) is 16.8 Å². The number of rotatable bonds is 7. The highest BCUT2D eigenvalue weighted by molar-refractivity contribution is 9.11. The van der Waals surface area contributed by atoms with Gasteiger partial charge in [0.05, 0.1) is 3.79 Å². The zero-order chi connectivity index (χ0) is 12.0. The standard InChI is InChI=1S/C12H21BrN2S/c1-12(2,9-15-8-4-3-7-14)10-5-6-11(13)16-10/h5-6,15H,3-4,7-9,14H2,1-2H3. The third kappa shape index (κ3) is 4.53. The summed E-state index contributed by atoms with van der Waals surface area (Å²) in [5.74, 6) is 0. The van der Waals surface area contributed by atoms with Crippen molar-refractivity contribution in [3.05, 3.63) is 20.8 Å². The summed E-state index contributed by atoms with van der Waals surface area (Å²) in [4.78, 5) is 1.42. The van der Waals surface area contributed by atoms with Crippen molar-refractivity contribution >= 4 is 27.3 Å². The molecule has 2 nitrogen and oxygen atoms in total. The third-order valence-corrected chi connectivity index (χ3v) is 4.60. The number of thiophene rings is 1. The Morgan fingerprint density at radius 1 is 1.38 bits per heavy atom. The van der Waals surface area contributed by atoms with Crippen LogP contribution in [0.1, 0.15) is 31.6 Å². The van der Waals surface area contributed by atoms with Crippen LogP contribution in [-0.4, -0.2) is 19.6 Å². The van der Waals surface area contributed by atoms with Gasteiger partial charge in [0.25, 0.3) is 0 Å². The molecule has 0 amide bonds. The van der Waals surface area contributed by atoms with Crippen LogP contribution >= 0.6 is 27.3 Å². The molecule has 0 atom stereocenters. The lowest BCUT2D eigenvalue weighted by Gasteiger charge is -2.23. The maximum absolute atomic E-state index is 5.46. The van der Waals surface area contributed by atoms with Crippen LogP contribution in [0.5, 0.6) is 0 Å². The zero-order valence-corrected chi connectivity index (χ0v) is 12.5. The Kier molecular flexibility index (Phi) is 5.97.